The Balaban J connectivity index is 1.64. The van der Waals surface area contributed by atoms with E-state index < -0.39 is 15.8 Å². The second-order valence-electron chi connectivity index (χ2n) is 6.52. The maximum Gasteiger partial charge on any atom is 0.258 e. The van der Waals surface area contributed by atoms with Crippen LogP contribution in [-0.2, 0) is 21.2 Å². The van der Waals surface area contributed by atoms with E-state index in [9.17, 15) is 17.6 Å². The van der Waals surface area contributed by atoms with Crippen molar-refractivity contribution in [2.75, 3.05) is 37.7 Å². The Morgan fingerprint density at radius 3 is 2.59 bits per heavy atom. The zero-order chi connectivity index (χ0) is 19.0. The number of carbonyl (C=O) groups is 1. The largest absolute Gasteiger partial charge is 0.379 e. The molecule has 142 valence electrons. The van der Waals surface area contributed by atoms with Gasteiger partial charge < -0.3 is 9.64 Å². The lowest BCUT2D eigenvalue weighted by atomic mass is 10.1. The molecule has 0 radical (unpaired) electrons. The normalized spacial score (nSPS) is 17.7. The zero-order valence-electron chi connectivity index (χ0n) is 14.6. The fourth-order valence-electron chi connectivity index (χ4n) is 3.44. The molecule has 2 aliphatic rings. The van der Waals surface area contributed by atoms with Gasteiger partial charge in [-0.15, -0.1) is 0 Å². The standard InChI is InChI=1S/C19H19FN2O4S/c20-16-5-4-14-6-7-22(18(14)13-16)19(23)15-2-1-3-17(12-15)27(24,25)21-8-10-26-11-9-21/h1-5,12-13H,6-11H2. The van der Waals surface area contributed by atoms with Crippen LogP contribution in [0.2, 0.25) is 0 Å². The van der Waals surface area contributed by atoms with E-state index >= 15 is 0 Å². The van der Waals surface area contributed by atoms with E-state index in [2.05, 4.69) is 0 Å². The van der Waals surface area contributed by atoms with Gasteiger partial charge in [-0.25, -0.2) is 12.8 Å². The number of nitrogens with zero attached hydrogens (tertiary/aromatic N) is 2. The summed E-state index contributed by atoms with van der Waals surface area (Å²) in [5.74, 6) is -0.740. The lowest BCUT2D eigenvalue weighted by Crippen LogP contribution is -2.40. The summed E-state index contributed by atoms with van der Waals surface area (Å²) < 4.78 is 45.8. The van der Waals surface area contributed by atoms with Crippen molar-refractivity contribution in [2.45, 2.75) is 11.3 Å². The number of ether oxygens (including phenoxy) is 1. The molecular weight excluding hydrogens is 371 g/mol. The van der Waals surface area contributed by atoms with Gasteiger partial charge in [0.2, 0.25) is 10.0 Å². The summed E-state index contributed by atoms with van der Waals surface area (Å²) in [6, 6.07) is 10.4. The van der Waals surface area contributed by atoms with Crippen LogP contribution in [0.25, 0.3) is 0 Å². The third-order valence-corrected chi connectivity index (χ3v) is 6.77. The van der Waals surface area contributed by atoms with Gasteiger partial charge in [0.1, 0.15) is 5.82 Å². The fourth-order valence-corrected chi connectivity index (χ4v) is 4.90. The zero-order valence-corrected chi connectivity index (χ0v) is 15.4. The van der Waals surface area contributed by atoms with Gasteiger partial charge in [-0.05, 0) is 42.3 Å². The Labute approximate surface area is 157 Å². The van der Waals surface area contributed by atoms with Gasteiger partial charge in [0.25, 0.3) is 5.91 Å². The van der Waals surface area contributed by atoms with Gasteiger partial charge in [-0.3, -0.25) is 4.79 Å². The molecule has 0 saturated carbocycles. The lowest BCUT2D eigenvalue weighted by molar-refractivity contribution is 0.0730. The number of benzene rings is 2. The van der Waals surface area contributed by atoms with Crippen molar-refractivity contribution in [3.63, 3.8) is 0 Å². The maximum absolute atomic E-state index is 13.6. The Morgan fingerprint density at radius 1 is 1.04 bits per heavy atom. The van der Waals surface area contributed by atoms with Crippen molar-refractivity contribution >= 4 is 21.6 Å². The molecule has 0 aliphatic carbocycles. The fraction of sp³-hybridized carbons (Fsp3) is 0.316. The summed E-state index contributed by atoms with van der Waals surface area (Å²) in [5, 5.41) is 0. The number of hydrogen-bond acceptors (Lipinski definition) is 4. The smallest absolute Gasteiger partial charge is 0.258 e. The molecule has 4 rings (SSSR count). The van der Waals surface area contributed by atoms with E-state index in [0.717, 1.165) is 5.56 Å². The van der Waals surface area contributed by atoms with Crippen molar-refractivity contribution in [2.24, 2.45) is 0 Å². The minimum atomic E-state index is -3.69. The number of amides is 1. The molecule has 0 unspecified atom stereocenters. The molecule has 1 saturated heterocycles. The van der Waals surface area contributed by atoms with Crippen LogP contribution >= 0.6 is 0 Å². The van der Waals surface area contributed by atoms with Crippen LogP contribution in [0, 0.1) is 5.82 Å². The molecular formula is C19H19FN2O4S. The van der Waals surface area contributed by atoms with Crippen molar-refractivity contribution < 1.29 is 22.3 Å². The highest BCUT2D eigenvalue weighted by Crippen LogP contribution is 2.30. The SMILES string of the molecule is O=C(c1cccc(S(=O)(=O)N2CCOCC2)c1)N1CCc2ccc(F)cc21. The highest BCUT2D eigenvalue weighted by molar-refractivity contribution is 7.89. The Morgan fingerprint density at radius 2 is 1.81 bits per heavy atom. The van der Waals surface area contributed by atoms with E-state index in [1.165, 1.54) is 33.5 Å². The molecule has 27 heavy (non-hydrogen) atoms. The highest BCUT2D eigenvalue weighted by Gasteiger charge is 2.29. The number of fused-ring (bicyclic) bond motifs is 1. The summed E-state index contributed by atoms with van der Waals surface area (Å²) in [4.78, 5) is 14.5. The molecule has 1 amide bonds. The molecule has 0 spiro atoms. The first-order chi connectivity index (χ1) is 13.0. The van der Waals surface area contributed by atoms with Gasteiger partial charge in [-0.1, -0.05) is 12.1 Å². The average molecular weight is 390 g/mol. The topological polar surface area (TPSA) is 66.9 Å². The van der Waals surface area contributed by atoms with Crippen molar-refractivity contribution in [1.82, 2.24) is 4.31 Å². The van der Waals surface area contributed by atoms with Crippen LogP contribution in [0.5, 0.6) is 0 Å². The summed E-state index contributed by atoms with van der Waals surface area (Å²) in [6.45, 7) is 1.73. The first-order valence-corrected chi connectivity index (χ1v) is 10.2. The van der Waals surface area contributed by atoms with E-state index in [-0.39, 0.29) is 16.4 Å². The summed E-state index contributed by atoms with van der Waals surface area (Å²) in [5.41, 5.74) is 1.71. The molecule has 2 aromatic rings. The lowest BCUT2D eigenvalue weighted by Gasteiger charge is -2.26. The molecule has 2 heterocycles. The molecule has 0 atom stereocenters. The number of hydrogen-bond donors (Lipinski definition) is 0. The Hall–Kier alpha value is -2.29. The Kier molecular flexibility index (Phi) is 4.71. The molecule has 0 bridgehead atoms. The van der Waals surface area contributed by atoms with Gasteiger partial charge in [0, 0.05) is 25.2 Å². The summed E-state index contributed by atoms with van der Waals surface area (Å²) >= 11 is 0. The van der Waals surface area contributed by atoms with Gasteiger partial charge >= 0.3 is 0 Å². The van der Waals surface area contributed by atoms with Crippen molar-refractivity contribution in [3.8, 4) is 0 Å². The van der Waals surface area contributed by atoms with Crippen molar-refractivity contribution in [3.05, 3.63) is 59.4 Å². The van der Waals surface area contributed by atoms with Crippen LogP contribution in [0.4, 0.5) is 10.1 Å². The second-order valence-corrected chi connectivity index (χ2v) is 8.46. The minimum Gasteiger partial charge on any atom is -0.379 e. The number of sulfonamides is 1. The van der Waals surface area contributed by atoms with Crippen LogP contribution < -0.4 is 4.90 Å². The van der Waals surface area contributed by atoms with E-state index in [1.54, 1.807) is 18.2 Å². The van der Waals surface area contributed by atoms with E-state index in [4.69, 9.17) is 4.74 Å². The average Bonchev–Trinajstić information content (AvgIpc) is 3.11. The monoisotopic (exact) mass is 390 g/mol. The molecule has 2 aromatic carbocycles. The quantitative estimate of drug-likeness (QED) is 0.805. The number of morpholine rings is 1. The van der Waals surface area contributed by atoms with E-state index in [0.29, 0.717) is 45.0 Å². The van der Waals surface area contributed by atoms with E-state index in [1.807, 2.05) is 0 Å². The predicted octanol–water partition coefficient (Wildman–Crippen LogP) is 2.05. The van der Waals surface area contributed by atoms with Gasteiger partial charge in [0.15, 0.2) is 0 Å². The molecule has 0 aromatic heterocycles. The first kappa shape index (κ1) is 18.1. The summed E-state index contributed by atoms with van der Waals surface area (Å²) in [6.07, 6.45) is 0.646. The van der Waals surface area contributed by atoms with Gasteiger partial charge in [0.05, 0.1) is 23.8 Å². The molecule has 1 fully saturated rings. The van der Waals surface area contributed by atoms with Gasteiger partial charge in [-0.2, -0.15) is 4.31 Å². The third kappa shape index (κ3) is 3.36. The van der Waals surface area contributed by atoms with Crippen LogP contribution in [0.3, 0.4) is 0 Å². The molecule has 2 aliphatic heterocycles. The highest BCUT2D eigenvalue weighted by atomic mass is 32.2. The first-order valence-electron chi connectivity index (χ1n) is 8.75. The second kappa shape index (κ2) is 7.03. The summed E-state index contributed by atoms with van der Waals surface area (Å²) in [7, 11) is -3.69. The van der Waals surface area contributed by atoms with Crippen LogP contribution in [0.15, 0.2) is 47.4 Å². The predicted molar refractivity (Wildman–Crippen MR) is 97.8 cm³/mol. The molecule has 0 N–H and O–H groups in total. The van der Waals surface area contributed by atoms with Crippen molar-refractivity contribution in [1.29, 1.82) is 0 Å². The third-order valence-electron chi connectivity index (χ3n) is 4.88. The maximum atomic E-state index is 13.6. The molecule has 6 nitrogen and oxygen atoms in total. The van der Waals surface area contributed by atoms with Crippen LogP contribution in [-0.4, -0.2) is 51.5 Å². The number of rotatable bonds is 3. The minimum absolute atomic E-state index is 0.0777. The Bertz CT molecular complexity index is 987. The molecule has 8 heteroatoms. The number of anilines is 1. The number of carbonyl (C=O) groups excluding carboxylic acids is 1. The van der Waals surface area contributed by atoms with Crippen LogP contribution in [0.1, 0.15) is 15.9 Å². The number of halogens is 1.